The Morgan fingerprint density at radius 2 is 1.85 bits per heavy atom. The maximum absolute atomic E-state index is 12.8. The minimum absolute atomic E-state index is 0.00528. The number of aliphatic imine (C=N–C) groups is 1. The third-order valence-corrected chi connectivity index (χ3v) is 5.09. The Hall–Kier alpha value is -1.46. The number of thiocarbonyl (C=S) groups is 1. The Bertz CT molecular complexity index is 674. The molecule has 2 aliphatic heterocycles. The highest BCUT2D eigenvalue weighted by molar-refractivity contribution is 8.17. The number of anilines is 1. The number of fused-ring (bicyclic) bond motifs is 1. The van der Waals surface area contributed by atoms with Crippen LogP contribution in [0.15, 0.2) is 39.7 Å². The molecule has 20 heavy (non-hydrogen) atoms. The van der Waals surface area contributed by atoms with Gasteiger partial charge in [-0.05, 0) is 55.6 Å². The normalized spacial score (nSPS) is 22.2. The van der Waals surface area contributed by atoms with Crippen LogP contribution in [0.1, 0.15) is 19.4 Å². The largest absolute Gasteiger partial charge is 0.273 e. The fourth-order valence-electron chi connectivity index (χ4n) is 2.36. The minimum Gasteiger partial charge on any atom is -0.273 e. The first-order valence-corrected chi connectivity index (χ1v) is 7.60. The Balaban J connectivity index is 2.05. The van der Waals surface area contributed by atoms with Gasteiger partial charge in [0.1, 0.15) is 5.92 Å². The lowest BCUT2D eigenvalue weighted by Gasteiger charge is -2.29. The zero-order valence-electron chi connectivity index (χ0n) is 11.5. The highest BCUT2D eigenvalue weighted by atomic mass is 32.2. The molecule has 2 aliphatic rings. The first-order valence-electron chi connectivity index (χ1n) is 6.37. The zero-order chi connectivity index (χ0) is 14.4. The third-order valence-electron chi connectivity index (χ3n) is 3.65. The van der Waals surface area contributed by atoms with Gasteiger partial charge < -0.3 is 0 Å². The second-order valence-electron chi connectivity index (χ2n) is 5.02. The maximum Gasteiger partial charge on any atom is 0.247 e. The first-order chi connectivity index (χ1) is 9.49. The quantitative estimate of drug-likeness (QED) is 0.742. The van der Waals surface area contributed by atoms with Gasteiger partial charge in [-0.3, -0.25) is 9.69 Å². The molecule has 0 aliphatic carbocycles. The topological polar surface area (TPSA) is 32.7 Å². The number of benzene rings is 1. The van der Waals surface area contributed by atoms with Crippen molar-refractivity contribution in [3.63, 3.8) is 0 Å². The van der Waals surface area contributed by atoms with Gasteiger partial charge in [0.05, 0.1) is 10.7 Å². The molecule has 1 aromatic carbocycles. The molecule has 3 nitrogen and oxygen atoms in total. The predicted molar refractivity (Wildman–Crippen MR) is 88.2 cm³/mol. The van der Waals surface area contributed by atoms with Crippen LogP contribution in [0.25, 0.3) is 0 Å². The van der Waals surface area contributed by atoms with Gasteiger partial charge in [-0.15, -0.1) is 0 Å². The van der Waals surface area contributed by atoms with Crippen molar-refractivity contribution >= 4 is 45.7 Å². The van der Waals surface area contributed by atoms with E-state index in [0.717, 1.165) is 26.8 Å². The highest BCUT2D eigenvalue weighted by Gasteiger charge is 2.41. The smallest absolute Gasteiger partial charge is 0.247 e. The molecule has 1 aromatic rings. The van der Waals surface area contributed by atoms with Crippen molar-refractivity contribution < 1.29 is 4.79 Å². The van der Waals surface area contributed by atoms with Crippen molar-refractivity contribution in [3.8, 4) is 0 Å². The average Bonchev–Trinajstić information content (AvgIpc) is 2.67. The van der Waals surface area contributed by atoms with E-state index in [1.165, 1.54) is 0 Å². The van der Waals surface area contributed by atoms with E-state index in [2.05, 4.69) is 4.99 Å². The molecule has 0 fully saturated rings. The lowest BCUT2D eigenvalue weighted by molar-refractivity contribution is -0.118. The van der Waals surface area contributed by atoms with Crippen molar-refractivity contribution in [2.45, 2.75) is 20.8 Å². The van der Waals surface area contributed by atoms with E-state index in [4.69, 9.17) is 12.2 Å². The number of allylic oxidation sites excluding steroid dienone is 1. The monoisotopic (exact) mass is 302 g/mol. The molecule has 2 heterocycles. The molecule has 1 amide bonds. The van der Waals surface area contributed by atoms with Gasteiger partial charge in [0, 0.05) is 0 Å². The van der Waals surface area contributed by atoms with E-state index < -0.39 is 0 Å². The predicted octanol–water partition coefficient (Wildman–Crippen LogP) is 3.68. The van der Waals surface area contributed by atoms with Crippen LogP contribution < -0.4 is 4.90 Å². The number of amides is 1. The SMILES string of the molecule is CC1=C(C)C2C(=O)N(c3ccc(C)cc3)C(=S)N=C2S1. The van der Waals surface area contributed by atoms with Crippen LogP contribution >= 0.6 is 24.0 Å². The van der Waals surface area contributed by atoms with E-state index in [-0.39, 0.29) is 11.8 Å². The molecule has 1 atom stereocenters. The van der Waals surface area contributed by atoms with Crippen molar-refractivity contribution in [3.05, 3.63) is 40.3 Å². The Labute approximate surface area is 127 Å². The van der Waals surface area contributed by atoms with Gasteiger partial charge in [0.15, 0.2) is 0 Å². The first kappa shape index (κ1) is 13.5. The summed E-state index contributed by atoms with van der Waals surface area (Å²) in [5, 5.41) is 1.15. The van der Waals surface area contributed by atoms with E-state index in [1.807, 2.05) is 45.0 Å². The van der Waals surface area contributed by atoms with Gasteiger partial charge in [0.2, 0.25) is 11.0 Å². The Morgan fingerprint density at radius 3 is 2.50 bits per heavy atom. The van der Waals surface area contributed by atoms with Gasteiger partial charge in [-0.2, -0.15) is 0 Å². The number of rotatable bonds is 1. The van der Waals surface area contributed by atoms with Crippen molar-refractivity contribution in [1.82, 2.24) is 0 Å². The zero-order valence-corrected chi connectivity index (χ0v) is 13.1. The van der Waals surface area contributed by atoms with Crippen LogP contribution in [0.3, 0.4) is 0 Å². The Morgan fingerprint density at radius 1 is 1.20 bits per heavy atom. The molecule has 0 radical (unpaired) electrons. The second kappa shape index (κ2) is 4.82. The molecule has 5 heteroatoms. The lowest BCUT2D eigenvalue weighted by Crippen LogP contribution is -2.45. The molecule has 3 rings (SSSR count). The maximum atomic E-state index is 12.8. The standard InChI is InChI=1S/C15H14N2OS2/c1-8-4-6-11(7-5-8)17-14(18)12-9(2)10(3)20-13(12)16-15(17)19/h4-7,12H,1-3H3. The summed E-state index contributed by atoms with van der Waals surface area (Å²) in [5.74, 6) is -0.251. The summed E-state index contributed by atoms with van der Waals surface area (Å²) in [4.78, 5) is 19.9. The molecule has 1 unspecified atom stereocenters. The van der Waals surface area contributed by atoms with Crippen LogP contribution in [-0.4, -0.2) is 16.1 Å². The molecular formula is C15H14N2OS2. The fraction of sp³-hybridized carbons (Fsp3) is 0.267. The van der Waals surface area contributed by atoms with Crippen LogP contribution in [0, 0.1) is 12.8 Å². The molecule has 0 bridgehead atoms. The summed E-state index contributed by atoms with van der Waals surface area (Å²) in [6, 6.07) is 7.77. The number of aryl methyl sites for hydroxylation is 1. The van der Waals surface area contributed by atoms with Crippen molar-refractivity contribution in [2.24, 2.45) is 10.9 Å². The fourth-order valence-corrected chi connectivity index (χ4v) is 3.83. The molecule has 102 valence electrons. The van der Waals surface area contributed by atoms with Crippen molar-refractivity contribution in [2.75, 3.05) is 4.90 Å². The number of hydrogen-bond donors (Lipinski definition) is 0. The van der Waals surface area contributed by atoms with E-state index in [0.29, 0.717) is 5.11 Å². The lowest BCUT2D eigenvalue weighted by atomic mass is 9.98. The van der Waals surface area contributed by atoms with E-state index in [1.54, 1.807) is 16.7 Å². The van der Waals surface area contributed by atoms with Gasteiger partial charge in [-0.1, -0.05) is 29.5 Å². The van der Waals surface area contributed by atoms with E-state index >= 15 is 0 Å². The van der Waals surface area contributed by atoms with Gasteiger partial charge >= 0.3 is 0 Å². The van der Waals surface area contributed by atoms with E-state index in [9.17, 15) is 4.79 Å². The second-order valence-corrected chi connectivity index (χ2v) is 6.62. The minimum atomic E-state index is -0.256. The summed E-state index contributed by atoms with van der Waals surface area (Å²) in [6.07, 6.45) is 0. The van der Waals surface area contributed by atoms with Gasteiger partial charge in [-0.25, -0.2) is 4.99 Å². The summed E-state index contributed by atoms with van der Waals surface area (Å²) in [5.41, 5.74) is 3.02. The average molecular weight is 302 g/mol. The summed E-state index contributed by atoms with van der Waals surface area (Å²) in [6.45, 7) is 6.03. The van der Waals surface area contributed by atoms with Crippen LogP contribution in [0.4, 0.5) is 5.69 Å². The molecule has 0 saturated carbocycles. The molecular weight excluding hydrogens is 288 g/mol. The third kappa shape index (κ3) is 2.01. The Kier molecular flexibility index (Phi) is 3.26. The van der Waals surface area contributed by atoms with Crippen LogP contribution in [0.5, 0.6) is 0 Å². The summed E-state index contributed by atoms with van der Waals surface area (Å²) >= 11 is 6.87. The molecule has 0 spiro atoms. The number of carbonyl (C=O) groups excluding carboxylic acids is 1. The summed E-state index contributed by atoms with van der Waals surface area (Å²) in [7, 11) is 0. The number of nitrogens with zero attached hydrogens (tertiary/aromatic N) is 2. The number of carbonyl (C=O) groups is 1. The van der Waals surface area contributed by atoms with Crippen molar-refractivity contribution in [1.29, 1.82) is 0 Å². The van der Waals surface area contributed by atoms with Crippen LogP contribution in [-0.2, 0) is 4.79 Å². The summed E-state index contributed by atoms with van der Waals surface area (Å²) < 4.78 is 0. The van der Waals surface area contributed by atoms with Gasteiger partial charge in [0.25, 0.3) is 0 Å². The molecule has 0 aromatic heterocycles. The molecule has 0 saturated heterocycles. The highest BCUT2D eigenvalue weighted by Crippen LogP contribution is 2.41. The number of hydrogen-bond acceptors (Lipinski definition) is 3. The van der Waals surface area contributed by atoms with Crippen LogP contribution in [0.2, 0.25) is 0 Å². The molecule has 0 N–H and O–H groups in total. The number of thioether (sulfide) groups is 1.